The van der Waals surface area contributed by atoms with Gasteiger partial charge in [0.1, 0.15) is 0 Å². The maximum Gasteiger partial charge on any atom is 0.235 e. The van der Waals surface area contributed by atoms with Gasteiger partial charge in [-0.05, 0) is 32.7 Å². The van der Waals surface area contributed by atoms with Crippen LogP contribution >= 0.6 is 0 Å². The van der Waals surface area contributed by atoms with Crippen molar-refractivity contribution in [1.82, 2.24) is 14.5 Å². The number of amides is 1. The zero-order chi connectivity index (χ0) is 15.2. The van der Waals surface area contributed by atoms with Crippen molar-refractivity contribution < 1.29 is 13.2 Å². The Bertz CT molecular complexity index is 403. The number of hydrogen-bond donors (Lipinski definition) is 1. The highest BCUT2D eigenvalue weighted by atomic mass is 32.2. The summed E-state index contributed by atoms with van der Waals surface area (Å²) in [6.45, 7) is 6.76. The molecule has 118 valence electrons. The summed E-state index contributed by atoms with van der Waals surface area (Å²) >= 11 is 0. The van der Waals surface area contributed by atoms with Gasteiger partial charge in [0.25, 0.3) is 0 Å². The van der Waals surface area contributed by atoms with E-state index in [2.05, 4.69) is 17.1 Å². The SMILES string of the molecule is CCCN1CCC(NC(=O)CN(C)S(=O)(=O)CC)CC1. The first kappa shape index (κ1) is 17.4. The smallest absolute Gasteiger partial charge is 0.235 e. The monoisotopic (exact) mass is 305 g/mol. The lowest BCUT2D eigenvalue weighted by Gasteiger charge is -2.32. The van der Waals surface area contributed by atoms with E-state index >= 15 is 0 Å². The Morgan fingerprint density at radius 2 is 1.90 bits per heavy atom. The average molecular weight is 305 g/mol. The van der Waals surface area contributed by atoms with Gasteiger partial charge < -0.3 is 10.2 Å². The van der Waals surface area contributed by atoms with Gasteiger partial charge in [0.2, 0.25) is 15.9 Å². The molecule has 6 nitrogen and oxygen atoms in total. The van der Waals surface area contributed by atoms with Crippen molar-refractivity contribution in [3.63, 3.8) is 0 Å². The third-order valence-corrected chi connectivity index (χ3v) is 5.51. The topological polar surface area (TPSA) is 69.7 Å². The molecule has 20 heavy (non-hydrogen) atoms. The fourth-order valence-electron chi connectivity index (χ4n) is 2.41. The number of piperidine rings is 1. The molecule has 0 aromatic heterocycles. The van der Waals surface area contributed by atoms with Crippen molar-refractivity contribution in [1.29, 1.82) is 0 Å². The van der Waals surface area contributed by atoms with Gasteiger partial charge in [-0.15, -0.1) is 0 Å². The van der Waals surface area contributed by atoms with Crippen molar-refractivity contribution in [2.24, 2.45) is 0 Å². The molecule has 1 aliphatic heterocycles. The number of nitrogens with zero attached hydrogens (tertiary/aromatic N) is 2. The van der Waals surface area contributed by atoms with E-state index in [1.807, 2.05) is 0 Å². The van der Waals surface area contributed by atoms with Gasteiger partial charge in [0.05, 0.1) is 12.3 Å². The molecule has 0 bridgehead atoms. The molecule has 1 N–H and O–H groups in total. The molecular formula is C13H27N3O3S. The molecule has 1 amide bonds. The van der Waals surface area contributed by atoms with Crippen molar-refractivity contribution >= 4 is 15.9 Å². The van der Waals surface area contributed by atoms with E-state index in [9.17, 15) is 13.2 Å². The van der Waals surface area contributed by atoms with Crippen LogP contribution in [0.15, 0.2) is 0 Å². The molecule has 0 aromatic rings. The van der Waals surface area contributed by atoms with Gasteiger partial charge in [0.15, 0.2) is 0 Å². The molecule has 1 fully saturated rings. The molecule has 0 spiro atoms. The summed E-state index contributed by atoms with van der Waals surface area (Å²) in [5, 5.41) is 2.94. The molecule has 0 radical (unpaired) electrons. The summed E-state index contributed by atoms with van der Waals surface area (Å²) < 4.78 is 24.3. The van der Waals surface area contributed by atoms with E-state index < -0.39 is 10.0 Å². The van der Waals surface area contributed by atoms with Gasteiger partial charge >= 0.3 is 0 Å². The maximum absolute atomic E-state index is 11.9. The lowest BCUT2D eigenvalue weighted by atomic mass is 10.0. The van der Waals surface area contributed by atoms with E-state index in [4.69, 9.17) is 0 Å². The van der Waals surface area contributed by atoms with Crippen LogP contribution in [0.25, 0.3) is 0 Å². The van der Waals surface area contributed by atoms with Crippen LogP contribution in [0.5, 0.6) is 0 Å². The van der Waals surface area contributed by atoms with E-state index in [1.54, 1.807) is 6.92 Å². The van der Waals surface area contributed by atoms with Crippen molar-refractivity contribution in [2.75, 3.05) is 39.0 Å². The zero-order valence-electron chi connectivity index (χ0n) is 12.8. The molecule has 0 atom stereocenters. The standard InChI is InChI=1S/C13H27N3O3S/c1-4-8-16-9-6-12(7-10-16)14-13(17)11-15(3)20(18,19)5-2/h12H,4-11H2,1-3H3,(H,14,17). The number of carbonyl (C=O) groups excluding carboxylic acids is 1. The third kappa shape index (κ3) is 5.38. The quantitative estimate of drug-likeness (QED) is 0.732. The lowest BCUT2D eigenvalue weighted by Crippen LogP contribution is -2.47. The summed E-state index contributed by atoms with van der Waals surface area (Å²) in [4.78, 5) is 14.3. The van der Waals surface area contributed by atoms with E-state index in [-0.39, 0.29) is 24.2 Å². The largest absolute Gasteiger partial charge is 0.352 e. The zero-order valence-corrected chi connectivity index (χ0v) is 13.6. The number of likely N-dealkylation sites (N-methyl/N-ethyl adjacent to an activating group) is 1. The van der Waals surface area contributed by atoms with Crippen LogP contribution in [0.3, 0.4) is 0 Å². The number of hydrogen-bond acceptors (Lipinski definition) is 4. The van der Waals surface area contributed by atoms with E-state index in [0.29, 0.717) is 0 Å². The Labute approximate surface area is 122 Å². The van der Waals surface area contributed by atoms with Gasteiger partial charge in [-0.1, -0.05) is 6.92 Å². The average Bonchev–Trinajstić information content (AvgIpc) is 2.41. The summed E-state index contributed by atoms with van der Waals surface area (Å²) in [5.41, 5.74) is 0. The van der Waals surface area contributed by atoms with Gasteiger partial charge in [0, 0.05) is 26.2 Å². The Balaban J connectivity index is 2.34. The first-order valence-electron chi connectivity index (χ1n) is 7.34. The molecule has 0 aliphatic carbocycles. The number of carbonyl (C=O) groups is 1. The second kappa shape index (κ2) is 7.95. The van der Waals surface area contributed by atoms with E-state index in [1.165, 1.54) is 7.05 Å². The van der Waals surface area contributed by atoms with Crippen molar-refractivity contribution in [2.45, 2.75) is 39.2 Å². The van der Waals surface area contributed by atoms with Crippen LogP contribution in [-0.2, 0) is 14.8 Å². The Hall–Kier alpha value is -0.660. The van der Waals surface area contributed by atoms with Crippen LogP contribution in [0.2, 0.25) is 0 Å². The molecule has 0 unspecified atom stereocenters. The van der Waals surface area contributed by atoms with E-state index in [0.717, 1.165) is 43.2 Å². The number of rotatable bonds is 7. The predicted molar refractivity (Wildman–Crippen MR) is 80.0 cm³/mol. The summed E-state index contributed by atoms with van der Waals surface area (Å²) in [6.07, 6.45) is 3.03. The van der Waals surface area contributed by atoms with Crippen LogP contribution in [0, 0.1) is 0 Å². The van der Waals surface area contributed by atoms with Crippen LogP contribution in [0.4, 0.5) is 0 Å². The summed E-state index contributed by atoms with van der Waals surface area (Å²) in [7, 11) is -1.84. The molecule has 1 rings (SSSR count). The predicted octanol–water partition coefficient (Wildman–Crippen LogP) is 0.259. The summed E-state index contributed by atoms with van der Waals surface area (Å²) in [6, 6.07) is 0.174. The molecule has 0 aromatic carbocycles. The minimum atomic E-state index is -3.29. The summed E-state index contributed by atoms with van der Waals surface area (Å²) in [5.74, 6) is -0.190. The second-order valence-corrected chi connectivity index (χ2v) is 7.70. The Morgan fingerprint density at radius 3 is 2.40 bits per heavy atom. The highest BCUT2D eigenvalue weighted by molar-refractivity contribution is 7.89. The first-order valence-corrected chi connectivity index (χ1v) is 8.95. The lowest BCUT2D eigenvalue weighted by molar-refractivity contribution is -0.122. The highest BCUT2D eigenvalue weighted by Gasteiger charge is 2.22. The normalized spacial score (nSPS) is 18.4. The molecule has 7 heteroatoms. The minimum absolute atomic E-state index is 0.0200. The fourth-order valence-corrected chi connectivity index (χ4v) is 3.17. The van der Waals surface area contributed by atoms with Crippen LogP contribution < -0.4 is 5.32 Å². The second-order valence-electron chi connectivity index (χ2n) is 5.34. The van der Waals surface area contributed by atoms with Crippen molar-refractivity contribution in [3.8, 4) is 0 Å². The highest BCUT2D eigenvalue weighted by Crippen LogP contribution is 2.10. The third-order valence-electron chi connectivity index (χ3n) is 3.70. The van der Waals surface area contributed by atoms with Crippen LogP contribution in [0.1, 0.15) is 33.1 Å². The Morgan fingerprint density at radius 1 is 1.30 bits per heavy atom. The van der Waals surface area contributed by atoms with Gasteiger partial charge in [-0.25, -0.2) is 8.42 Å². The first-order chi connectivity index (χ1) is 9.39. The molecular weight excluding hydrogens is 278 g/mol. The molecule has 1 heterocycles. The van der Waals surface area contributed by atoms with Gasteiger partial charge in [-0.2, -0.15) is 4.31 Å². The molecule has 1 aliphatic rings. The maximum atomic E-state index is 11.9. The molecule has 0 saturated carbocycles. The Kier molecular flexibility index (Phi) is 6.91. The molecule has 1 saturated heterocycles. The fraction of sp³-hybridized carbons (Fsp3) is 0.923. The van der Waals surface area contributed by atoms with Gasteiger partial charge in [-0.3, -0.25) is 4.79 Å². The number of nitrogens with one attached hydrogen (secondary N) is 1. The number of likely N-dealkylation sites (tertiary alicyclic amines) is 1. The van der Waals surface area contributed by atoms with Crippen LogP contribution in [-0.4, -0.2) is 68.6 Å². The number of sulfonamides is 1. The minimum Gasteiger partial charge on any atom is -0.352 e. The van der Waals surface area contributed by atoms with Crippen molar-refractivity contribution in [3.05, 3.63) is 0 Å².